The van der Waals surface area contributed by atoms with E-state index < -0.39 is 21.5 Å². The average molecular weight is 472 g/mol. The molecule has 166 valence electrons. The second-order valence-corrected chi connectivity index (χ2v) is 10.5. The normalized spacial score (nSPS) is 14.9. The van der Waals surface area contributed by atoms with Crippen LogP contribution in [-0.4, -0.2) is 66.2 Å². The molecular weight excluding hydrogens is 450 g/mol. The molecular formula is C21H21N5O4S2. The van der Waals surface area contributed by atoms with Crippen molar-refractivity contribution in [3.05, 3.63) is 58.8 Å². The van der Waals surface area contributed by atoms with Gasteiger partial charge in [-0.3, -0.25) is 9.69 Å². The van der Waals surface area contributed by atoms with Crippen LogP contribution in [0.15, 0.2) is 46.3 Å². The van der Waals surface area contributed by atoms with Crippen LogP contribution in [0, 0.1) is 11.3 Å². The van der Waals surface area contributed by atoms with Gasteiger partial charge in [0.15, 0.2) is 9.84 Å². The Morgan fingerprint density at radius 2 is 1.91 bits per heavy atom. The first-order valence-corrected chi connectivity index (χ1v) is 12.7. The van der Waals surface area contributed by atoms with E-state index in [1.807, 2.05) is 23.6 Å². The summed E-state index contributed by atoms with van der Waals surface area (Å²) in [4.78, 5) is 21.6. The molecule has 0 unspecified atom stereocenters. The number of carbonyl (C=O) groups excluding carboxylic acids is 1. The Balaban J connectivity index is 1.26. The van der Waals surface area contributed by atoms with Crippen LogP contribution in [0.5, 0.6) is 0 Å². The first-order chi connectivity index (χ1) is 15.4. The fourth-order valence-corrected chi connectivity index (χ4v) is 5.44. The summed E-state index contributed by atoms with van der Waals surface area (Å²) in [6, 6.07) is 12.2. The average Bonchev–Trinajstić information content (AvgIpc) is 3.46. The van der Waals surface area contributed by atoms with Crippen LogP contribution in [0.3, 0.4) is 0 Å². The number of rotatable bonds is 7. The summed E-state index contributed by atoms with van der Waals surface area (Å²) in [5.74, 6) is -0.0693. The molecule has 0 spiro atoms. The number of aromatic nitrogens is 2. The summed E-state index contributed by atoms with van der Waals surface area (Å²) in [5, 5.41) is 14.8. The van der Waals surface area contributed by atoms with E-state index >= 15 is 0 Å². The van der Waals surface area contributed by atoms with Crippen molar-refractivity contribution in [1.29, 1.82) is 5.26 Å². The fraction of sp³-hybridized carbons (Fsp3) is 0.333. The molecule has 1 fully saturated rings. The lowest BCUT2D eigenvalue weighted by Crippen LogP contribution is -2.49. The largest absolute Gasteiger partial charge is 0.339 e. The molecule has 0 aliphatic carbocycles. The third-order valence-corrected chi connectivity index (χ3v) is 7.43. The van der Waals surface area contributed by atoms with Gasteiger partial charge in [-0.15, -0.1) is 11.3 Å². The number of sulfone groups is 1. The van der Waals surface area contributed by atoms with E-state index in [-0.39, 0.29) is 5.75 Å². The summed E-state index contributed by atoms with van der Waals surface area (Å²) >= 11 is 1.54. The van der Waals surface area contributed by atoms with E-state index in [1.165, 1.54) is 0 Å². The smallest absolute Gasteiger partial charge is 0.241 e. The topological polar surface area (TPSA) is 120 Å². The molecule has 1 amide bonds. The summed E-state index contributed by atoms with van der Waals surface area (Å²) in [6.45, 7) is 2.56. The minimum absolute atomic E-state index is 0.228. The Morgan fingerprint density at radius 3 is 2.56 bits per heavy atom. The van der Waals surface area contributed by atoms with Gasteiger partial charge in [-0.2, -0.15) is 10.2 Å². The molecule has 0 N–H and O–H groups in total. The molecule has 2 aromatic heterocycles. The van der Waals surface area contributed by atoms with Gasteiger partial charge in [0.1, 0.15) is 5.75 Å². The number of nitrogens with zero attached hydrogens (tertiary/aromatic N) is 5. The molecule has 1 aliphatic heterocycles. The molecule has 0 saturated carbocycles. The molecule has 1 aromatic carbocycles. The van der Waals surface area contributed by atoms with Gasteiger partial charge in [0, 0.05) is 26.2 Å². The van der Waals surface area contributed by atoms with Crippen LogP contribution in [0.2, 0.25) is 0 Å². The third kappa shape index (κ3) is 5.59. The lowest BCUT2D eigenvalue weighted by Gasteiger charge is -2.33. The molecule has 0 bridgehead atoms. The lowest BCUT2D eigenvalue weighted by atomic mass is 10.2. The van der Waals surface area contributed by atoms with Crippen LogP contribution >= 0.6 is 11.3 Å². The van der Waals surface area contributed by atoms with E-state index in [0.29, 0.717) is 55.6 Å². The van der Waals surface area contributed by atoms with Crippen LogP contribution in [0.1, 0.15) is 17.0 Å². The van der Waals surface area contributed by atoms with Gasteiger partial charge in [-0.05, 0) is 29.1 Å². The zero-order chi connectivity index (χ0) is 22.6. The predicted molar refractivity (Wildman–Crippen MR) is 118 cm³/mol. The van der Waals surface area contributed by atoms with Gasteiger partial charge in [-0.1, -0.05) is 23.4 Å². The van der Waals surface area contributed by atoms with Crippen molar-refractivity contribution in [3.63, 3.8) is 0 Å². The van der Waals surface area contributed by atoms with Crippen molar-refractivity contribution in [2.45, 2.75) is 12.3 Å². The third-order valence-electron chi connectivity index (χ3n) is 5.11. The summed E-state index contributed by atoms with van der Waals surface area (Å²) in [6.07, 6.45) is 0. The highest BCUT2D eigenvalue weighted by Gasteiger charge is 2.26. The number of piperazine rings is 1. The molecule has 3 aromatic rings. The first-order valence-electron chi connectivity index (χ1n) is 9.98. The van der Waals surface area contributed by atoms with E-state index in [4.69, 9.17) is 9.78 Å². The Kier molecular flexibility index (Phi) is 6.64. The molecule has 4 rings (SSSR count). The highest BCUT2D eigenvalue weighted by atomic mass is 32.2. The molecule has 32 heavy (non-hydrogen) atoms. The van der Waals surface area contributed by atoms with Crippen LogP contribution < -0.4 is 0 Å². The molecule has 0 radical (unpaired) electrons. The Morgan fingerprint density at radius 1 is 1.16 bits per heavy atom. The maximum absolute atomic E-state index is 12.5. The molecule has 0 atom stereocenters. The van der Waals surface area contributed by atoms with Crippen LogP contribution in [0.25, 0.3) is 10.7 Å². The maximum atomic E-state index is 12.5. The molecule has 1 aliphatic rings. The number of carbonyl (C=O) groups is 1. The molecule has 11 heteroatoms. The van der Waals surface area contributed by atoms with Crippen LogP contribution in [0.4, 0.5) is 0 Å². The highest BCUT2D eigenvalue weighted by molar-refractivity contribution is 7.91. The number of amides is 1. The van der Waals surface area contributed by atoms with Gasteiger partial charge >= 0.3 is 0 Å². The number of hydrogen-bond donors (Lipinski definition) is 0. The van der Waals surface area contributed by atoms with Gasteiger partial charge in [0.2, 0.25) is 17.6 Å². The van der Waals surface area contributed by atoms with Crippen molar-refractivity contribution in [3.8, 4) is 16.8 Å². The standard InChI is InChI=1S/C21H21N5O4S2/c22-12-16-3-5-17(6-4-16)14-32(28,29)15-20(27)26-9-7-25(8-10-26)13-19-23-21(24-30-19)18-2-1-11-31-18/h1-6,11H,7-10,13-15H2. The Bertz CT molecular complexity index is 1210. The quantitative estimate of drug-likeness (QED) is 0.513. The first kappa shape index (κ1) is 22.1. The highest BCUT2D eigenvalue weighted by Crippen LogP contribution is 2.21. The lowest BCUT2D eigenvalue weighted by molar-refractivity contribution is -0.130. The van der Waals surface area contributed by atoms with Gasteiger partial charge in [0.25, 0.3) is 0 Å². The van der Waals surface area contributed by atoms with Gasteiger partial charge in [0.05, 0.1) is 28.8 Å². The SMILES string of the molecule is N#Cc1ccc(CS(=O)(=O)CC(=O)N2CCN(Cc3nc(-c4cccs4)no3)CC2)cc1. The minimum Gasteiger partial charge on any atom is -0.339 e. The van der Waals surface area contributed by atoms with E-state index in [9.17, 15) is 13.2 Å². The zero-order valence-electron chi connectivity index (χ0n) is 17.2. The van der Waals surface area contributed by atoms with Crippen molar-refractivity contribution < 1.29 is 17.7 Å². The molecule has 1 saturated heterocycles. The number of hydrogen-bond acceptors (Lipinski definition) is 9. The summed E-state index contributed by atoms with van der Waals surface area (Å²) in [5.41, 5.74) is 1.02. The molecule has 3 heterocycles. The van der Waals surface area contributed by atoms with Crippen molar-refractivity contribution in [2.75, 3.05) is 31.9 Å². The number of nitriles is 1. The van der Waals surface area contributed by atoms with E-state index in [2.05, 4.69) is 15.0 Å². The minimum atomic E-state index is -3.60. The zero-order valence-corrected chi connectivity index (χ0v) is 18.8. The number of benzene rings is 1. The van der Waals surface area contributed by atoms with Crippen molar-refractivity contribution in [1.82, 2.24) is 19.9 Å². The second kappa shape index (κ2) is 9.60. The Hall–Kier alpha value is -3.07. The number of thiophene rings is 1. The van der Waals surface area contributed by atoms with Gasteiger partial charge < -0.3 is 9.42 Å². The Labute approximate surface area is 189 Å². The van der Waals surface area contributed by atoms with Gasteiger partial charge in [-0.25, -0.2) is 8.42 Å². The molecule has 9 nitrogen and oxygen atoms in total. The summed E-state index contributed by atoms with van der Waals surface area (Å²) in [7, 11) is -3.60. The van der Waals surface area contributed by atoms with Crippen molar-refractivity contribution in [2.24, 2.45) is 0 Å². The van der Waals surface area contributed by atoms with E-state index in [0.717, 1.165) is 4.88 Å². The van der Waals surface area contributed by atoms with E-state index in [1.54, 1.807) is 40.5 Å². The monoisotopic (exact) mass is 471 g/mol. The maximum Gasteiger partial charge on any atom is 0.241 e. The second-order valence-electron chi connectivity index (χ2n) is 7.49. The fourth-order valence-electron chi connectivity index (χ4n) is 3.43. The predicted octanol–water partition coefficient (Wildman–Crippen LogP) is 1.93. The van der Waals surface area contributed by atoms with Crippen LogP contribution in [-0.2, 0) is 26.9 Å². The van der Waals surface area contributed by atoms with Crippen molar-refractivity contribution >= 4 is 27.1 Å². The summed E-state index contributed by atoms with van der Waals surface area (Å²) < 4.78 is 30.3.